The van der Waals surface area contributed by atoms with Crippen LogP contribution in [0.25, 0.3) is 22.4 Å². The van der Waals surface area contributed by atoms with Crippen LogP contribution < -0.4 is 10.1 Å². The summed E-state index contributed by atoms with van der Waals surface area (Å²) in [6.45, 7) is 4.37. The maximum atomic E-state index is 12.7. The van der Waals surface area contributed by atoms with Crippen molar-refractivity contribution < 1.29 is 13.9 Å². The van der Waals surface area contributed by atoms with E-state index in [1.54, 1.807) is 6.20 Å². The molecule has 0 saturated heterocycles. The number of fused-ring (bicyclic) bond motifs is 1. The summed E-state index contributed by atoms with van der Waals surface area (Å²) in [4.78, 5) is 21.4. The number of amides is 1. The largest absolute Gasteiger partial charge is 0.494 e. The average molecular weight is 379 g/mol. The van der Waals surface area contributed by atoms with Crippen LogP contribution in [-0.2, 0) is 0 Å². The zero-order valence-electron chi connectivity index (χ0n) is 14.9. The van der Waals surface area contributed by atoms with Gasteiger partial charge < -0.3 is 9.15 Å². The Morgan fingerprint density at radius 1 is 1.26 bits per heavy atom. The van der Waals surface area contributed by atoms with Crippen LogP contribution in [0.3, 0.4) is 0 Å². The summed E-state index contributed by atoms with van der Waals surface area (Å²) in [5, 5.41) is 6.02. The first-order chi connectivity index (χ1) is 13.2. The second kappa shape index (κ2) is 7.20. The van der Waals surface area contributed by atoms with Crippen LogP contribution in [0, 0.1) is 6.92 Å². The number of aromatic nitrogens is 2. The number of benzene rings is 1. The van der Waals surface area contributed by atoms with Gasteiger partial charge in [0, 0.05) is 22.5 Å². The molecule has 0 aliphatic carbocycles. The molecule has 1 aromatic carbocycles. The van der Waals surface area contributed by atoms with E-state index in [0.717, 1.165) is 28.1 Å². The molecule has 3 aromatic heterocycles. The summed E-state index contributed by atoms with van der Waals surface area (Å²) >= 11 is 1.34. The molecule has 0 fully saturated rings. The van der Waals surface area contributed by atoms with E-state index in [0.29, 0.717) is 17.3 Å². The second-order valence-corrected chi connectivity index (χ2v) is 6.71. The minimum Gasteiger partial charge on any atom is -0.494 e. The molecule has 3 heterocycles. The zero-order chi connectivity index (χ0) is 18.8. The molecule has 4 aromatic rings. The quantitative estimate of drug-likeness (QED) is 0.533. The summed E-state index contributed by atoms with van der Waals surface area (Å²) in [6.07, 6.45) is 1.71. The van der Waals surface area contributed by atoms with Crippen LogP contribution in [0.15, 0.2) is 52.4 Å². The number of furan rings is 1. The number of hydrogen-bond acceptors (Lipinski definition) is 6. The smallest absolute Gasteiger partial charge is 0.293 e. The normalized spacial score (nSPS) is 10.9. The van der Waals surface area contributed by atoms with Gasteiger partial charge in [-0.2, -0.15) is 0 Å². The van der Waals surface area contributed by atoms with Crippen molar-refractivity contribution in [2.24, 2.45) is 0 Å². The molecule has 0 aliphatic heterocycles. The molecule has 0 spiro atoms. The molecule has 7 heteroatoms. The predicted molar refractivity (Wildman–Crippen MR) is 105 cm³/mol. The van der Waals surface area contributed by atoms with Crippen molar-refractivity contribution in [3.8, 4) is 17.1 Å². The van der Waals surface area contributed by atoms with Gasteiger partial charge in [0.15, 0.2) is 10.9 Å². The molecule has 0 atom stereocenters. The number of nitrogens with one attached hydrogen (secondary N) is 1. The summed E-state index contributed by atoms with van der Waals surface area (Å²) < 4.78 is 11.3. The van der Waals surface area contributed by atoms with E-state index in [1.807, 2.05) is 55.6 Å². The van der Waals surface area contributed by atoms with Crippen LogP contribution in [0.1, 0.15) is 23.0 Å². The van der Waals surface area contributed by atoms with Gasteiger partial charge in [0.05, 0.1) is 12.3 Å². The van der Waals surface area contributed by atoms with Crippen LogP contribution in [0.2, 0.25) is 0 Å². The lowest BCUT2D eigenvalue weighted by atomic mass is 10.1. The Labute approximate surface area is 159 Å². The van der Waals surface area contributed by atoms with Gasteiger partial charge in [0.2, 0.25) is 0 Å². The highest BCUT2D eigenvalue weighted by Crippen LogP contribution is 2.30. The number of anilines is 1. The minimum absolute atomic E-state index is 0.272. The molecule has 0 radical (unpaired) electrons. The van der Waals surface area contributed by atoms with Crippen molar-refractivity contribution >= 4 is 33.3 Å². The Kier molecular flexibility index (Phi) is 4.60. The van der Waals surface area contributed by atoms with Crippen molar-refractivity contribution in [2.75, 3.05) is 11.9 Å². The van der Waals surface area contributed by atoms with E-state index in [1.165, 1.54) is 11.3 Å². The number of ether oxygens (including phenoxy) is 1. The summed E-state index contributed by atoms with van der Waals surface area (Å²) in [5.74, 6) is 0.692. The first-order valence-corrected chi connectivity index (χ1v) is 9.38. The second-order valence-electron chi connectivity index (χ2n) is 5.85. The minimum atomic E-state index is -0.330. The lowest BCUT2D eigenvalue weighted by molar-refractivity contribution is 0.0998. The van der Waals surface area contributed by atoms with Crippen LogP contribution >= 0.6 is 11.3 Å². The topological polar surface area (TPSA) is 77.2 Å². The summed E-state index contributed by atoms with van der Waals surface area (Å²) in [7, 11) is 0. The number of aryl methyl sites for hydroxylation is 1. The van der Waals surface area contributed by atoms with Gasteiger partial charge in [0.1, 0.15) is 17.0 Å². The van der Waals surface area contributed by atoms with E-state index in [4.69, 9.17) is 9.15 Å². The van der Waals surface area contributed by atoms with Gasteiger partial charge in [-0.25, -0.2) is 4.98 Å². The van der Waals surface area contributed by atoms with Gasteiger partial charge in [-0.3, -0.25) is 15.1 Å². The standard InChI is InChI=1S/C20H17N3O3S/c1-3-25-13-7-8-17-14(10-13)12(2)18(26-17)19(24)23-20-22-16(11-27-20)15-6-4-5-9-21-15/h4-11H,3H2,1-2H3,(H,22,23,24). The SMILES string of the molecule is CCOc1ccc2oc(C(=O)Nc3nc(-c4ccccn4)cs3)c(C)c2c1. The van der Waals surface area contributed by atoms with Gasteiger partial charge in [-0.1, -0.05) is 6.07 Å². The fourth-order valence-corrected chi connectivity index (χ4v) is 3.49. The van der Waals surface area contributed by atoms with Gasteiger partial charge in [-0.05, 0) is 44.2 Å². The number of thiazole rings is 1. The first-order valence-electron chi connectivity index (χ1n) is 8.50. The van der Waals surface area contributed by atoms with E-state index in [2.05, 4.69) is 15.3 Å². The molecule has 136 valence electrons. The maximum Gasteiger partial charge on any atom is 0.293 e. The number of nitrogens with zero attached hydrogens (tertiary/aromatic N) is 2. The van der Waals surface area contributed by atoms with Crippen LogP contribution in [0.4, 0.5) is 5.13 Å². The third kappa shape index (κ3) is 3.41. The number of carbonyl (C=O) groups excluding carboxylic acids is 1. The molecular formula is C20H17N3O3S. The number of hydrogen-bond donors (Lipinski definition) is 1. The molecule has 1 amide bonds. The van der Waals surface area contributed by atoms with Crippen LogP contribution in [-0.4, -0.2) is 22.5 Å². The third-order valence-corrected chi connectivity index (χ3v) is 4.83. The lowest BCUT2D eigenvalue weighted by Crippen LogP contribution is -2.11. The molecule has 0 saturated carbocycles. The first kappa shape index (κ1) is 17.2. The molecule has 0 bridgehead atoms. The maximum absolute atomic E-state index is 12.7. The molecule has 0 unspecified atom stereocenters. The van der Waals surface area contributed by atoms with Crippen molar-refractivity contribution in [3.63, 3.8) is 0 Å². The predicted octanol–water partition coefficient (Wildman–Crippen LogP) is 4.91. The molecular weight excluding hydrogens is 362 g/mol. The van der Waals surface area contributed by atoms with E-state index in [-0.39, 0.29) is 11.7 Å². The van der Waals surface area contributed by atoms with E-state index >= 15 is 0 Å². The summed E-state index contributed by atoms with van der Waals surface area (Å²) in [5.41, 5.74) is 2.90. The Hall–Kier alpha value is -3.19. The van der Waals surface area contributed by atoms with Gasteiger partial charge >= 0.3 is 0 Å². The molecule has 6 nitrogen and oxygen atoms in total. The van der Waals surface area contributed by atoms with Crippen molar-refractivity contribution in [1.29, 1.82) is 0 Å². The Morgan fingerprint density at radius 2 is 2.15 bits per heavy atom. The molecule has 4 rings (SSSR count). The molecule has 0 aliphatic rings. The monoisotopic (exact) mass is 379 g/mol. The van der Waals surface area contributed by atoms with Crippen molar-refractivity contribution in [3.05, 3.63) is 59.3 Å². The Bertz CT molecular complexity index is 1100. The highest BCUT2D eigenvalue weighted by molar-refractivity contribution is 7.14. The fraction of sp³-hybridized carbons (Fsp3) is 0.150. The molecule has 1 N–H and O–H groups in total. The van der Waals surface area contributed by atoms with Crippen LogP contribution in [0.5, 0.6) is 5.75 Å². The van der Waals surface area contributed by atoms with E-state index in [9.17, 15) is 4.79 Å². The van der Waals surface area contributed by atoms with Gasteiger partial charge in [-0.15, -0.1) is 11.3 Å². The van der Waals surface area contributed by atoms with Crippen molar-refractivity contribution in [2.45, 2.75) is 13.8 Å². The van der Waals surface area contributed by atoms with Gasteiger partial charge in [0.25, 0.3) is 5.91 Å². The molecule has 27 heavy (non-hydrogen) atoms. The van der Waals surface area contributed by atoms with Crippen molar-refractivity contribution in [1.82, 2.24) is 9.97 Å². The Morgan fingerprint density at radius 3 is 2.93 bits per heavy atom. The number of pyridine rings is 1. The number of carbonyl (C=O) groups is 1. The fourth-order valence-electron chi connectivity index (χ4n) is 2.79. The third-order valence-electron chi connectivity index (χ3n) is 4.08. The highest BCUT2D eigenvalue weighted by Gasteiger charge is 2.19. The zero-order valence-corrected chi connectivity index (χ0v) is 15.7. The van der Waals surface area contributed by atoms with E-state index < -0.39 is 0 Å². The highest BCUT2D eigenvalue weighted by atomic mass is 32.1. The lowest BCUT2D eigenvalue weighted by Gasteiger charge is -2.01. The Balaban J connectivity index is 1.58. The number of rotatable bonds is 5. The average Bonchev–Trinajstić information content (AvgIpc) is 3.28. The summed E-state index contributed by atoms with van der Waals surface area (Å²) in [6, 6.07) is 11.1.